The Balaban J connectivity index is 1.61. The fraction of sp³-hybridized carbons (Fsp3) is 0.300. The van der Waals surface area contributed by atoms with Crippen LogP contribution in [0.15, 0.2) is 42.5 Å². The van der Waals surface area contributed by atoms with Gasteiger partial charge in [0.15, 0.2) is 11.6 Å². The Kier molecular flexibility index (Phi) is 5.59. The van der Waals surface area contributed by atoms with E-state index in [9.17, 15) is 13.6 Å². The van der Waals surface area contributed by atoms with E-state index < -0.39 is 11.6 Å². The lowest BCUT2D eigenvalue weighted by Gasteiger charge is -2.22. The zero-order valence-electron chi connectivity index (χ0n) is 14.3. The van der Waals surface area contributed by atoms with Crippen LogP contribution in [0.25, 0.3) is 0 Å². The van der Waals surface area contributed by atoms with Gasteiger partial charge in [0, 0.05) is 38.3 Å². The zero-order valence-corrected chi connectivity index (χ0v) is 14.3. The molecule has 0 atom stereocenters. The van der Waals surface area contributed by atoms with Crippen molar-refractivity contribution in [1.82, 2.24) is 9.80 Å². The molecule has 0 N–H and O–H groups in total. The van der Waals surface area contributed by atoms with Crippen LogP contribution < -0.4 is 0 Å². The van der Waals surface area contributed by atoms with Gasteiger partial charge in [0.25, 0.3) is 5.91 Å². The highest BCUT2D eigenvalue weighted by molar-refractivity contribution is 5.94. The Bertz CT molecular complexity index is 830. The van der Waals surface area contributed by atoms with Crippen LogP contribution in [0.1, 0.15) is 27.9 Å². The van der Waals surface area contributed by atoms with Crippen molar-refractivity contribution in [3.05, 3.63) is 70.8 Å². The number of hydrogen-bond donors (Lipinski definition) is 0. The molecule has 1 fully saturated rings. The van der Waals surface area contributed by atoms with Crippen molar-refractivity contribution in [3.63, 3.8) is 0 Å². The van der Waals surface area contributed by atoms with Gasteiger partial charge in [-0.2, -0.15) is 5.26 Å². The van der Waals surface area contributed by atoms with Gasteiger partial charge >= 0.3 is 0 Å². The van der Waals surface area contributed by atoms with Crippen molar-refractivity contribution in [2.75, 3.05) is 26.2 Å². The molecule has 2 aromatic rings. The summed E-state index contributed by atoms with van der Waals surface area (Å²) >= 11 is 0. The number of amides is 1. The Morgan fingerprint density at radius 1 is 1.00 bits per heavy atom. The largest absolute Gasteiger partial charge is 0.337 e. The second kappa shape index (κ2) is 8.07. The lowest BCUT2D eigenvalue weighted by atomic mass is 10.1. The quantitative estimate of drug-likeness (QED) is 0.850. The molecule has 0 unspecified atom stereocenters. The fourth-order valence-corrected chi connectivity index (χ4v) is 3.09. The van der Waals surface area contributed by atoms with Gasteiger partial charge in [-0.1, -0.05) is 12.1 Å². The van der Waals surface area contributed by atoms with Crippen LogP contribution in [0.2, 0.25) is 0 Å². The molecule has 0 spiro atoms. The highest BCUT2D eigenvalue weighted by atomic mass is 19.2. The molecule has 1 aliphatic heterocycles. The van der Waals surface area contributed by atoms with E-state index in [-0.39, 0.29) is 11.5 Å². The molecule has 0 saturated carbocycles. The second-order valence-electron chi connectivity index (χ2n) is 6.36. The number of benzene rings is 2. The third-order valence-electron chi connectivity index (χ3n) is 4.53. The molecule has 2 aromatic carbocycles. The maximum absolute atomic E-state index is 13.4. The van der Waals surface area contributed by atoms with Gasteiger partial charge in [0.05, 0.1) is 11.6 Å². The molecular formula is C20H19F2N3O. The van der Waals surface area contributed by atoms with Crippen LogP contribution in [0, 0.1) is 23.0 Å². The van der Waals surface area contributed by atoms with E-state index in [4.69, 9.17) is 5.26 Å². The van der Waals surface area contributed by atoms with Crippen molar-refractivity contribution >= 4 is 5.91 Å². The highest BCUT2D eigenvalue weighted by Crippen LogP contribution is 2.14. The summed E-state index contributed by atoms with van der Waals surface area (Å²) in [5.74, 6) is -2.23. The average Bonchev–Trinajstić information content (AvgIpc) is 2.89. The summed E-state index contributed by atoms with van der Waals surface area (Å²) in [6.07, 6.45) is 0.811. The number of nitriles is 1. The molecule has 26 heavy (non-hydrogen) atoms. The van der Waals surface area contributed by atoms with Crippen LogP contribution in [0.3, 0.4) is 0 Å². The van der Waals surface area contributed by atoms with Crippen LogP contribution in [-0.4, -0.2) is 41.9 Å². The third-order valence-corrected chi connectivity index (χ3v) is 4.53. The molecule has 0 aliphatic carbocycles. The summed E-state index contributed by atoms with van der Waals surface area (Å²) in [4.78, 5) is 16.5. The number of nitrogens with zero attached hydrogens (tertiary/aromatic N) is 3. The van der Waals surface area contributed by atoms with E-state index in [1.54, 1.807) is 17.0 Å². The van der Waals surface area contributed by atoms with Crippen molar-refractivity contribution in [1.29, 1.82) is 5.26 Å². The monoisotopic (exact) mass is 355 g/mol. The van der Waals surface area contributed by atoms with Crippen molar-refractivity contribution < 1.29 is 13.6 Å². The van der Waals surface area contributed by atoms with E-state index in [1.807, 2.05) is 12.1 Å². The fourth-order valence-electron chi connectivity index (χ4n) is 3.09. The Labute approximate surface area is 151 Å². The van der Waals surface area contributed by atoms with Gasteiger partial charge in [0.1, 0.15) is 0 Å². The maximum Gasteiger partial charge on any atom is 0.254 e. The smallest absolute Gasteiger partial charge is 0.254 e. The standard InChI is InChI=1S/C20H19F2N3O/c21-18-7-6-17(12-19(18)22)20(26)25-9-1-8-24(10-11-25)14-16-4-2-15(13-23)3-5-16/h2-7,12H,1,8-11,14H2. The predicted octanol–water partition coefficient (Wildman–Crippen LogP) is 3.18. The molecule has 0 bridgehead atoms. The molecule has 1 aliphatic rings. The molecule has 1 amide bonds. The summed E-state index contributed by atoms with van der Waals surface area (Å²) in [6.45, 7) is 3.42. The van der Waals surface area contributed by atoms with Crippen molar-refractivity contribution in [2.45, 2.75) is 13.0 Å². The van der Waals surface area contributed by atoms with Crippen LogP contribution in [0.5, 0.6) is 0 Å². The lowest BCUT2D eigenvalue weighted by Crippen LogP contribution is -2.35. The van der Waals surface area contributed by atoms with Gasteiger partial charge < -0.3 is 4.90 Å². The van der Waals surface area contributed by atoms with Crippen molar-refractivity contribution in [3.8, 4) is 6.07 Å². The Morgan fingerprint density at radius 2 is 1.77 bits per heavy atom. The summed E-state index contributed by atoms with van der Waals surface area (Å²) in [5, 5.41) is 8.85. The molecule has 0 radical (unpaired) electrons. The third kappa shape index (κ3) is 4.24. The number of rotatable bonds is 3. The lowest BCUT2D eigenvalue weighted by molar-refractivity contribution is 0.0760. The molecule has 1 saturated heterocycles. The summed E-state index contributed by atoms with van der Waals surface area (Å²) < 4.78 is 26.4. The molecule has 134 valence electrons. The van der Waals surface area contributed by atoms with Gasteiger partial charge in [-0.15, -0.1) is 0 Å². The second-order valence-corrected chi connectivity index (χ2v) is 6.36. The van der Waals surface area contributed by atoms with E-state index in [1.165, 1.54) is 6.07 Å². The highest BCUT2D eigenvalue weighted by Gasteiger charge is 2.21. The number of carbonyl (C=O) groups is 1. The Hall–Kier alpha value is -2.78. The molecule has 6 heteroatoms. The number of hydrogen-bond acceptors (Lipinski definition) is 3. The average molecular weight is 355 g/mol. The molecular weight excluding hydrogens is 336 g/mol. The van der Waals surface area contributed by atoms with E-state index in [0.29, 0.717) is 25.2 Å². The van der Waals surface area contributed by atoms with Gasteiger partial charge in [0.2, 0.25) is 0 Å². The van der Waals surface area contributed by atoms with Gasteiger partial charge in [-0.3, -0.25) is 9.69 Å². The summed E-state index contributed by atoms with van der Waals surface area (Å²) in [6, 6.07) is 12.8. The van der Waals surface area contributed by atoms with Gasteiger partial charge in [-0.25, -0.2) is 8.78 Å². The first-order valence-electron chi connectivity index (χ1n) is 8.52. The minimum Gasteiger partial charge on any atom is -0.337 e. The first-order chi connectivity index (χ1) is 12.6. The van der Waals surface area contributed by atoms with Crippen LogP contribution in [-0.2, 0) is 6.54 Å². The summed E-state index contributed by atoms with van der Waals surface area (Å²) in [7, 11) is 0. The van der Waals surface area contributed by atoms with E-state index in [0.717, 1.165) is 37.2 Å². The van der Waals surface area contributed by atoms with E-state index >= 15 is 0 Å². The SMILES string of the molecule is N#Cc1ccc(CN2CCCN(C(=O)c3ccc(F)c(F)c3)CC2)cc1. The van der Waals surface area contributed by atoms with Crippen molar-refractivity contribution in [2.24, 2.45) is 0 Å². The number of carbonyl (C=O) groups excluding carboxylic acids is 1. The minimum atomic E-state index is -1.01. The van der Waals surface area contributed by atoms with E-state index in [2.05, 4.69) is 11.0 Å². The van der Waals surface area contributed by atoms with Crippen LogP contribution >= 0.6 is 0 Å². The summed E-state index contributed by atoms with van der Waals surface area (Å²) in [5.41, 5.74) is 1.92. The Morgan fingerprint density at radius 3 is 2.46 bits per heavy atom. The molecule has 1 heterocycles. The first-order valence-corrected chi connectivity index (χ1v) is 8.52. The normalized spacial score (nSPS) is 15.3. The van der Waals surface area contributed by atoms with Gasteiger partial charge in [-0.05, 0) is 42.3 Å². The van der Waals surface area contributed by atoms with Crippen LogP contribution in [0.4, 0.5) is 8.78 Å². The number of halogens is 2. The maximum atomic E-state index is 13.4. The zero-order chi connectivity index (χ0) is 18.5. The molecule has 0 aromatic heterocycles. The molecule has 3 rings (SSSR count). The minimum absolute atomic E-state index is 0.171. The first kappa shape index (κ1) is 18.0. The molecule has 4 nitrogen and oxygen atoms in total. The predicted molar refractivity (Wildman–Crippen MR) is 93.3 cm³/mol. The topological polar surface area (TPSA) is 47.3 Å².